The zero-order chi connectivity index (χ0) is 15.2. The Morgan fingerprint density at radius 2 is 2.19 bits per heavy atom. The maximum atomic E-state index is 9.87. The van der Waals surface area contributed by atoms with E-state index in [1.54, 1.807) is 0 Å². The van der Waals surface area contributed by atoms with Gasteiger partial charge < -0.3 is 5.11 Å². The van der Waals surface area contributed by atoms with Crippen molar-refractivity contribution in [3.05, 3.63) is 41.5 Å². The molecule has 0 aromatic heterocycles. The second kappa shape index (κ2) is 5.17. The maximum absolute atomic E-state index is 9.87. The number of aromatic hydroxyl groups is 1. The van der Waals surface area contributed by atoms with Crippen LogP contribution in [-0.4, -0.2) is 29.1 Å². The van der Waals surface area contributed by atoms with Crippen LogP contribution >= 0.6 is 0 Å². The van der Waals surface area contributed by atoms with Gasteiger partial charge in [-0.2, -0.15) is 0 Å². The lowest BCUT2D eigenvalue weighted by Crippen LogP contribution is -2.55. The first-order chi connectivity index (χ1) is 9.89. The van der Waals surface area contributed by atoms with E-state index in [9.17, 15) is 5.11 Å². The van der Waals surface area contributed by atoms with Crippen molar-refractivity contribution in [1.82, 2.24) is 4.90 Å². The zero-order valence-corrected chi connectivity index (χ0v) is 13.5. The van der Waals surface area contributed by atoms with E-state index in [1.807, 2.05) is 12.1 Å². The lowest BCUT2D eigenvalue weighted by molar-refractivity contribution is 0.0509. The van der Waals surface area contributed by atoms with Crippen LogP contribution in [0.3, 0.4) is 0 Å². The Kier molecular flexibility index (Phi) is 3.61. The molecule has 2 unspecified atom stereocenters. The van der Waals surface area contributed by atoms with Crippen LogP contribution in [0.5, 0.6) is 5.75 Å². The molecule has 1 aliphatic carbocycles. The number of piperidine rings is 1. The van der Waals surface area contributed by atoms with Crippen LogP contribution in [0, 0.1) is 5.92 Å². The highest BCUT2D eigenvalue weighted by molar-refractivity contribution is 5.43. The summed E-state index contributed by atoms with van der Waals surface area (Å²) in [7, 11) is 0. The first-order valence-electron chi connectivity index (χ1n) is 8.10. The predicted molar refractivity (Wildman–Crippen MR) is 87.7 cm³/mol. The van der Waals surface area contributed by atoms with Crippen molar-refractivity contribution in [2.45, 2.75) is 51.5 Å². The van der Waals surface area contributed by atoms with E-state index < -0.39 is 0 Å². The van der Waals surface area contributed by atoms with Gasteiger partial charge in [-0.3, -0.25) is 4.90 Å². The van der Waals surface area contributed by atoms with Crippen molar-refractivity contribution in [2.75, 3.05) is 13.1 Å². The number of fused-ring (bicyclic) bond motifs is 2. The molecule has 1 aromatic carbocycles. The minimum Gasteiger partial charge on any atom is -0.508 e. The number of nitrogens with zero attached hydrogens (tertiary/aromatic N) is 1. The number of hydrogen-bond donors (Lipinski definition) is 1. The fourth-order valence-electron chi connectivity index (χ4n) is 4.55. The Bertz CT molecular complexity index is 561. The molecule has 2 nitrogen and oxygen atoms in total. The number of likely N-dealkylation sites (tertiary alicyclic amines) is 1. The van der Waals surface area contributed by atoms with Crippen LogP contribution in [0.25, 0.3) is 0 Å². The van der Waals surface area contributed by atoms with Crippen molar-refractivity contribution < 1.29 is 5.11 Å². The fourth-order valence-corrected chi connectivity index (χ4v) is 4.55. The third kappa shape index (κ3) is 2.50. The summed E-state index contributed by atoms with van der Waals surface area (Å²) in [5, 5.41) is 9.87. The van der Waals surface area contributed by atoms with E-state index in [4.69, 9.17) is 0 Å². The summed E-state index contributed by atoms with van der Waals surface area (Å²) in [6.07, 6.45) is 3.67. The van der Waals surface area contributed by atoms with E-state index in [-0.39, 0.29) is 5.41 Å². The summed E-state index contributed by atoms with van der Waals surface area (Å²) >= 11 is 0. The largest absolute Gasteiger partial charge is 0.508 e. The first kappa shape index (κ1) is 14.6. The molecular weight excluding hydrogens is 258 g/mol. The molecule has 3 rings (SSSR count). The molecular formula is C19H27NO. The minimum atomic E-state index is 0.130. The number of benzene rings is 1. The van der Waals surface area contributed by atoms with Crippen LogP contribution in [0.2, 0.25) is 0 Å². The van der Waals surface area contributed by atoms with Crippen LogP contribution in [-0.2, 0) is 11.8 Å². The molecule has 1 N–H and O–H groups in total. The van der Waals surface area contributed by atoms with Crippen LogP contribution in [0.15, 0.2) is 30.4 Å². The monoisotopic (exact) mass is 285 g/mol. The molecule has 1 saturated heterocycles. The van der Waals surface area contributed by atoms with Gasteiger partial charge in [-0.05, 0) is 67.3 Å². The predicted octanol–water partition coefficient (Wildman–Crippen LogP) is 3.88. The van der Waals surface area contributed by atoms with Gasteiger partial charge in [0, 0.05) is 12.6 Å². The summed E-state index contributed by atoms with van der Waals surface area (Å²) in [6.45, 7) is 13.2. The van der Waals surface area contributed by atoms with Crippen molar-refractivity contribution in [3.63, 3.8) is 0 Å². The third-order valence-corrected chi connectivity index (χ3v) is 5.51. The Morgan fingerprint density at radius 1 is 1.43 bits per heavy atom. The molecule has 0 bridgehead atoms. The molecule has 1 fully saturated rings. The zero-order valence-electron chi connectivity index (χ0n) is 13.5. The summed E-state index contributed by atoms with van der Waals surface area (Å²) < 4.78 is 0. The van der Waals surface area contributed by atoms with Crippen molar-refractivity contribution in [1.29, 1.82) is 0 Å². The standard InChI is InChI=1S/C19H27NO/c1-13(2)12-20-9-5-6-16-18(20)10-14-7-8-15(21)11-17(14)19(16,3)4/h7-8,11,16,18,21H,1,5-6,9-10,12H2,2-4H3. The van der Waals surface area contributed by atoms with Gasteiger partial charge in [0.2, 0.25) is 0 Å². The molecule has 21 heavy (non-hydrogen) atoms. The molecule has 1 heterocycles. The molecule has 2 atom stereocenters. The van der Waals surface area contributed by atoms with Gasteiger partial charge in [0.05, 0.1) is 0 Å². The van der Waals surface area contributed by atoms with Gasteiger partial charge in [0.1, 0.15) is 5.75 Å². The topological polar surface area (TPSA) is 23.5 Å². The number of phenolic OH excluding ortho intramolecular Hbond substituents is 1. The molecule has 2 heteroatoms. The fraction of sp³-hybridized carbons (Fsp3) is 0.579. The molecule has 1 aliphatic heterocycles. The second-order valence-corrected chi connectivity index (χ2v) is 7.51. The number of rotatable bonds is 2. The molecule has 2 aliphatic rings. The Labute approximate surface area is 128 Å². The van der Waals surface area contributed by atoms with Crippen molar-refractivity contribution in [2.24, 2.45) is 5.92 Å². The average molecular weight is 285 g/mol. The molecule has 114 valence electrons. The molecule has 0 saturated carbocycles. The summed E-state index contributed by atoms with van der Waals surface area (Å²) in [5.41, 5.74) is 4.14. The van der Waals surface area contributed by atoms with E-state index in [0.717, 1.165) is 13.0 Å². The highest BCUT2D eigenvalue weighted by Gasteiger charge is 2.45. The normalized spacial score (nSPS) is 27.8. The van der Waals surface area contributed by atoms with Crippen LogP contribution < -0.4 is 0 Å². The summed E-state index contributed by atoms with van der Waals surface area (Å²) in [5.74, 6) is 1.06. The molecule has 0 amide bonds. The quantitative estimate of drug-likeness (QED) is 0.834. The van der Waals surface area contributed by atoms with E-state index in [2.05, 4.69) is 38.3 Å². The van der Waals surface area contributed by atoms with E-state index in [1.165, 1.54) is 36.1 Å². The first-order valence-corrected chi connectivity index (χ1v) is 8.10. The Hall–Kier alpha value is -1.28. The van der Waals surface area contributed by atoms with Crippen LogP contribution in [0.1, 0.15) is 44.7 Å². The van der Waals surface area contributed by atoms with E-state index in [0.29, 0.717) is 17.7 Å². The SMILES string of the molecule is C=C(C)CN1CCCC2C1Cc1ccc(O)cc1C2(C)C. The lowest BCUT2D eigenvalue weighted by atomic mass is 9.60. The highest BCUT2D eigenvalue weighted by Crippen LogP contribution is 2.47. The maximum Gasteiger partial charge on any atom is 0.115 e. The molecule has 1 aromatic rings. The van der Waals surface area contributed by atoms with Gasteiger partial charge in [0.15, 0.2) is 0 Å². The lowest BCUT2D eigenvalue weighted by Gasteiger charge is -2.52. The average Bonchev–Trinajstić information content (AvgIpc) is 2.40. The van der Waals surface area contributed by atoms with Gasteiger partial charge >= 0.3 is 0 Å². The van der Waals surface area contributed by atoms with Gasteiger partial charge in [-0.25, -0.2) is 0 Å². The Balaban J connectivity index is 2.00. The second-order valence-electron chi connectivity index (χ2n) is 7.51. The minimum absolute atomic E-state index is 0.130. The number of phenols is 1. The van der Waals surface area contributed by atoms with Gasteiger partial charge in [0.25, 0.3) is 0 Å². The van der Waals surface area contributed by atoms with Crippen molar-refractivity contribution in [3.8, 4) is 5.75 Å². The molecule has 0 spiro atoms. The summed E-state index contributed by atoms with van der Waals surface area (Å²) in [4.78, 5) is 2.63. The number of hydrogen-bond acceptors (Lipinski definition) is 2. The van der Waals surface area contributed by atoms with Crippen LogP contribution in [0.4, 0.5) is 0 Å². The van der Waals surface area contributed by atoms with Gasteiger partial charge in [-0.1, -0.05) is 32.1 Å². The van der Waals surface area contributed by atoms with Gasteiger partial charge in [-0.15, -0.1) is 0 Å². The Morgan fingerprint density at radius 3 is 2.90 bits per heavy atom. The van der Waals surface area contributed by atoms with Crippen molar-refractivity contribution >= 4 is 0 Å². The smallest absolute Gasteiger partial charge is 0.115 e. The molecule has 0 radical (unpaired) electrons. The summed E-state index contributed by atoms with van der Waals surface area (Å²) in [6, 6.07) is 6.56. The van der Waals surface area contributed by atoms with E-state index >= 15 is 0 Å². The highest BCUT2D eigenvalue weighted by atomic mass is 16.3. The third-order valence-electron chi connectivity index (χ3n) is 5.51.